The van der Waals surface area contributed by atoms with Crippen molar-refractivity contribution in [2.45, 2.75) is 20.4 Å². The highest BCUT2D eigenvalue weighted by Crippen LogP contribution is 2.36. The molecule has 2 rings (SSSR count). The van der Waals surface area contributed by atoms with Crippen LogP contribution in [-0.2, 0) is 6.54 Å². The van der Waals surface area contributed by atoms with Gasteiger partial charge < -0.3 is 20.1 Å². The minimum absolute atomic E-state index is 0.0727. The van der Waals surface area contributed by atoms with Crippen molar-refractivity contribution in [3.63, 3.8) is 0 Å². The van der Waals surface area contributed by atoms with Crippen LogP contribution in [0.1, 0.15) is 29.8 Å². The van der Waals surface area contributed by atoms with Crippen molar-refractivity contribution in [2.75, 3.05) is 26.1 Å². The third-order valence-electron chi connectivity index (χ3n) is 3.79. The van der Waals surface area contributed by atoms with E-state index in [0.29, 0.717) is 41.1 Å². The fourth-order valence-corrected chi connectivity index (χ4v) is 2.76. The summed E-state index contributed by atoms with van der Waals surface area (Å²) in [6, 6.07) is 11.1. The number of hydrogen-bond acceptors (Lipinski definition) is 4. The summed E-state index contributed by atoms with van der Waals surface area (Å²) >= 11 is 6.24. The first-order chi connectivity index (χ1) is 12.4. The molecular formula is C20H25ClN2O3. The Morgan fingerprint density at radius 1 is 1.15 bits per heavy atom. The highest BCUT2D eigenvalue weighted by Gasteiger charge is 2.11. The van der Waals surface area contributed by atoms with E-state index in [1.807, 2.05) is 30.3 Å². The maximum Gasteiger partial charge on any atom is 0.251 e. The summed E-state index contributed by atoms with van der Waals surface area (Å²) in [7, 11) is 3.13. The summed E-state index contributed by atoms with van der Waals surface area (Å²) < 4.78 is 10.6. The topological polar surface area (TPSA) is 59.6 Å². The van der Waals surface area contributed by atoms with Gasteiger partial charge in [0.15, 0.2) is 11.5 Å². The van der Waals surface area contributed by atoms with Crippen LogP contribution in [-0.4, -0.2) is 26.7 Å². The number of carbonyl (C=O) groups is 1. The quantitative estimate of drug-likeness (QED) is 0.718. The second-order valence-electron chi connectivity index (χ2n) is 6.35. The largest absolute Gasteiger partial charge is 0.493 e. The third kappa shape index (κ3) is 5.30. The highest BCUT2D eigenvalue weighted by atomic mass is 35.5. The Morgan fingerprint density at radius 2 is 1.92 bits per heavy atom. The number of anilines is 1. The molecule has 2 N–H and O–H groups in total. The number of rotatable bonds is 8. The summed E-state index contributed by atoms with van der Waals surface area (Å²) in [6.07, 6.45) is 0. The van der Waals surface area contributed by atoms with E-state index < -0.39 is 0 Å². The molecule has 0 aliphatic carbocycles. The second-order valence-corrected chi connectivity index (χ2v) is 6.76. The molecule has 0 unspecified atom stereocenters. The van der Waals surface area contributed by atoms with Gasteiger partial charge >= 0.3 is 0 Å². The van der Waals surface area contributed by atoms with Gasteiger partial charge in [0, 0.05) is 24.3 Å². The lowest BCUT2D eigenvalue weighted by Crippen LogP contribution is -2.27. The molecule has 0 spiro atoms. The van der Waals surface area contributed by atoms with E-state index in [1.165, 1.54) is 0 Å². The van der Waals surface area contributed by atoms with E-state index in [0.717, 1.165) is 11.3 Å². The van der Waals surface area contributed by atoms with E-state index in [-0.39, 0.29) is 5.91 Å². The Kier molecular flexibility index (Phi) is 7.16. The highest BCUT2D eigenvalue weighted by molar-refractivity contribution is 6.32. The maximum atomic E-state index is 12.2. The molecule has 0 heterocycles. The average molecular weight is 377 g/mol. The van der Waals surface area contributed by atoms with Crippen LogP contribution in [0.15, 0.2) is 36.4 Å². The monoisotopic (exact) mass is 376 g/mol. The third-order valence-corrected chi connectivity index (χ3v) is 4.07. The van der Waals surface area contributed by atoms with Gasteiger partial charge in [-0.1, -0.05) is 31.5 Å². The maximum absolute atomic E-state index is 12.2. The minimum atomic E-state index is -0.0727. The van der Waals surface area contributed by atoms with Gasteiger partial charge in [0.1, 0.15) is 0 Å². The Bertz CT molecular complexity index is 763. The van der Waals surface area contributed by atoms with E-state index >= 15 is 0 Å². The average Bonchev–Trinajstić information content (AvgIpc) is 2.64. The number of nitrogens with one attached hydrogen (secondary N) is 2. The van der Waals surface area contributed by atoms with E-state index in [1.54, 1.807) is 20.3 Å². The molecule has 2 aromatic carbocycles. The van der Waals surface area contributed by atoms with Crippen molar-refractivity contribution < 1.29 is 14.3 Å². The summed E-state index contributed by atoms with van der Waals surface area (Å²) in [4.78, 5) is 12.2. The van der Waals surface area contributed by atoms with Gasteiger partial charge in [0.05, 0.1) is 19.2 Å². The molecule has 6 heteroatoms. The van der Waals surface area contributed by atoms with Crippen LogP contribution >= 0.6 is 11.6 Å². The van der Waals surface area contributed by atoms with Crippen LogP contribution in [0.3, 0.4) is 0 Å². The molecule has 0 fully saturated rings. The first kappa shape index (κ1) is 19.9. The summed E-state index contributed by atoms with van der Waals surface area (Å²) in [5.41, 5.74) is 2.43. The predicted molar refractivity (Wildman–Crippen MR) is 105 cm³/mol. The molecule has 0 aromatic heterocycles. The van der Waals surface area contributed by atoms with E-state index in [2.05, 4.69) is 24.5 Å². The fraction of sp³-hybridized carbons (Fsp3) is 0.350. The number of halogens is 1. The Hall–Kier alpha value is -2.40. The lowest BCUT2D eigenvalue weighted by molar-refractivity contribution is 0.0949. The van der Waals surface area contributed by atoms with Crippen LogP contribution in [0.25, 0.3) is 0 Å². The number of carbonyl (C=O) groups excluding carboxylic acids is 1. The molecular weight excluding hydrogens is 352 g/mol. The molecule has 0 atom stereocenters. The van der Waals surface area contributed by atoms with Gasteiger partial charge in [-0.05, 0) is 41.8 Å². The minimum Gasteiger partial charge on any atom is -0.493 e. The number of methoxy groups -OCH3 is 2. The molecule has 140 valence electrons. The van der Waals surface area contributed by atoms with Gasteiger partial charge in [0.2, 0.25) is 0 Å². The summed E-state index contributed by atoms with van der Waals surface area (Å²) in [6.45, 7) is 5.32. The lowest BCUT2D eigenvalue weighted by atomic mass is 10.1. The normalized spacial score (nSPS) is 10.5. The molecule has 2 aromatic rings. The van der Waals surface area contributed by atoms with Gasteiger partial charge in [-0.3, -0.25) is 4.79 Å². The van der Waals surface area contributed by atoms with Gasteiger partial charge in [-0.2, -0.15) is 0 Å². The van der Waals surface area contributed by atoms with Gasteiger partial charge in [0.25, 0.3) is 5.91 Å². The zero-order chi connectivity index (χ0) is 19.1. The van der Waals surface area contributed by atoms with Gasteiger partial charge in [-0.15, -0.1) is 0 Å². The van der Waals surface area contributed by atoms with Crippen molar-refractivity contribution in [2.24, 2.45) is 5.92 Å². The number of hydrogen-bond donors (Lipinski definition) is 2. The molecule has 0 bridgehead atoms. The molecule has 0 aliphatic heterocycles. The van der Waals surface area contributed by atoms with Crippen LogP contribution in [0, 0.1) is 5.92 Å². The standard InChI is InChI=1S/C20H25ClN2O3/c1-13(2)11-23-20(24)15-6-5-7-16(10-15)22-12-14-8-17(21)19(26-4)18(9-14)25-3/h5-10,13,22H,11-12H2,1-4H3,(H,23,24). The fourth-order valence-electron chi connectivity index (χ4n) is 2.45. The zero-order valence-corrected chi connectivity index (χ0v) is 16.3. The smallest absolute Gasteiger partial charge is 0.251 e. The Balaban J connectivity index is 2.07. The van der Waals surface area contributed by atoms with Crippen molar-refractivity contribution in [3.8, 4) is 11.5 Å². The van der Waals surface area contributed by atoms with Crippen LogP contribution < -0.4 is 20.1 Å². The van der Waals surface area contributed by atoms with Crippen LogP contribution in [0.5, 0.6) is 11.5 Å². The van der Waals surface area contributed by atoms with E-state index in [9.17, 15) is 4.79 Å². The predicted octanol–water partition coefficient (Wildman–Crippen LogP) is 4.36. The van der Waals surface area contributed by atoms with Crippen molar-refractivity contribution in [1.29, 1.82) is 0 Å². The first-order valence-electron chi connectivity index (χ1n) is 8.47. The van der Waals surface area contributed by atoms with Crippen molar-refractivity contribution >= 4 is 23.2 Å². The summed E-state index contributed by atoms with van der Waals surface area (Å²) in [5.74, 6) is 1.44. The molecule has 0 radical (unpaired) electrons. The van der Waals surface area contributed by atoms with Crippen molar-refractivity contribution in [1.82, 2.24) is 5.32 Å². The zero-order valence-electron chi connectivity index (χ0n) is 15.6. The lowest BCUT2D eigenvalue weighted by Gasteiger charge is -2.13. The second kappa shape index (κ2) is 9.34. The molecule has 26 heavy (non-hydrogen) atoms. The SMILES string of the molecule is COc1cc(CNc2cccc(C(=O)NCC(C)C)c2)cc(Cl)c1OC. The first-order valence-corrected chi connectivity index (χ1v) is 8.85. The van der Waals surface area contributed by atoms with Crippen molar-refractivity contribution in [3.05, 3.63) is 52.5 Å². The number of benzene rings is 2. The molecule has 1 amide bonds. The van der Waals surface area contributed by atoms with Gasteiger partial charge in [-0.25, -0.2) is 0 Å². The van der Waals surface area contributed by atoms with Crippen LogP contribution in [0.4, 0.5) is 5.69 Å². The van der Waals surface area contributed by atoms with Crippen LogP contribution in [0.2, 0.25) is 5.02 Å². The Labute approximate surface area is 159 Å². The molecule has 0 aliphatic rings. The molecule has 5 nitrogen and oxygen atoms in total. The molecule has 0 saturated carbocycles. The number of amides is 1. The van der Waals surface area contributed by atoms with E-state index in [4.69, 9.17) is 21.1 Å². The summed E-state index contributed by atoms with van der Waals surface area (Å²) in [5, 5.41) is 6.71. The molecule has 0 saturated heterocycles. The Morgan fingerprint density at radius 3 is 2.58 bits per heavy atom. The number of ether oxygens (including phenoxy) is 2.